The van der Waals surface area contributed by atoms with Crippen LogP contribution in [0.4, 0.5) is 5.69 Å². The smallest absolute Gasteiger partial charge is 0.242 e. The third kappa shape index (κ3) is 3.40. The number of tetrazole rings is 1. The summed E-state index contributed by atoms with van der Waals surface area (Å²) >= 11 is 0. The van der Waals surface area contributed by atoms with Crippen molar-refractivity contribution in [3.05, 3.63) is 30.6 Å². The molecule has 1 fully saturated rings. The van der Waals surface area contributed by atoms with Gasteiger partial charge in [0, 0.05) is 18.8 Å². The van der Waals surface area contributed by atoms with Crippen LogP contribution in [0.15, 0.2) is 30.6 Å². The topological polar surface area (TPSA) is 85.2 Å². The molecule has 0 spiro atoms. The van der Waals surface area contributed by atoms with Crippen molar-refractivity contribution in [1.82, 2.24) is 25.1 Å². The lowest BCUT2D eigenvalue weighted by Crippen LogP contribution is -2.46. The molecule has 1 N–H and O–H groups in total. The van der Waals surface area contributed by atoms with Crippen molar-refractivity contribution in [2.75, 3.05) is 31.6 Å². The maximum Gasteiger partial charge on any atom is 0.242 e. The van der Waals surface area contributed by atoms with Crippen LogP contribution < -0.4 is 5.32 Å². The Labute approximate surface area is 128 Å². The minimum atomic E-state index is 0.0831. The fourth-order valence-electron chi connectivity index (χ4n) is 2.35. The zero-order chi connectivity index (χ0) is 15.4. The molecule has 1 aromatic heterocycles. The number of amides is 1. The largest absolute Gasteiger partial charge is 0.376 e. The summed E-state index contributed by atoms with van der Waals surface area (Å²) in [5, 5.41) is 14.1. The number of hydrogen-bond donors (Lipinski definition) is 1. The van der Waals surface area contributed by atoms with Gasteiger partial charge in [0.25, 0.3) is 0 Å². The van der Waals surface area contributed by atoms with Gasteiger partial charge in [-0.2, -0.15) is 0 Å². The quantitative estimate of drug-likeness (QED) is 0.875. The summed E-state index contributed by atoms with van der Waals surface area (Å²) in [5.74, 6) is 0.0831. The molecule has 2 aromatic rings. The van der Waals surface area contributed by atoms with Crippen LogP contribution in [0.3, 0.4) is 0 Å². The van der Waals surface area contributed by atoms with Crippen molar-refractivity contribution < 1.29 is 9.53 Å². The highest BCUT2D eigenvalue weighted by molar-refractivity contribution is 5.81. The van der Waals surface area contributed by atoms with Gasteiger partial charge in [-0.1, -0.05) is 0 Å². The summed E-state index contributed by atoms with van der Waals surface area (Å²) in [6.07, 6.45) is 1.64. The number of ether oxygens (including phenoxy) is 1. The van der Waals surface area contributed by atoms with Crippen LogP contribution in [0.1, 0.15) is 6.92 Å². The summed E-state index contributed by atoms with van der Waals surface area (Å²) < 4.78 is 7.01. The molecule has 0 saturated carbocycles. The van der Waals surface area contributed by atoms with Gasteiger partial charge in [0.15, 0.2) is 0 Å². The van der Waals surface area contributed by atoms with Crippen molar-refractivity contribution >= 4 is 11.6 Å². The van der Waals surface area contributed by atoms with Crippen LogP contribution in [-0.4, -0.2) is 63.4 Å². The van der Waals surface area contributed by atoms with E-state index in [9.17, 15) is 4.79 Å². The van der Waals surface area contributed by atoms with Gasteiger partial charge < -0.3 is 15.0 Å². The minimum Gasteiger partial charge on any atom is -0.376 e. The molecule has 116 valence electrons. The fourth-order valence-corrected chi connectivity index (χ4v) is 2.35. The maximum absolute atomic E-state index is 12.1. The van der Waals surface area contributed by atoms with E-state index in [0.29, 0.717) is 19.7 Å². The highest BCUT2D eigenvalue weighted by atomic mass is 16.5. The summed E-state index contributed by atoms with van der Waals surface area (Å²) in [7, 11) is 0. The Balaban J connectivity index is 1.54. The van der Waals surface area contributed by atoms with E-state index in [4.69, 9.17) is 4.74 Å². The Kier molecular flexibility index (Phi) is 4.29. The van der Waals surface area contributed by atoms with Crippen LogP contribution in [-0.2, 0) is 9.53 Å². The van der Waals surface area contributed by atoms with Gasteiger partial charge in [-0.15, -0.1) is 5.10 Å². The number of aromatic nitrogens is 4. The first kappa shape index (κ1) is 14.5. The van der Waals surface area contributed by atoms with Crippen molar-refractivity contribution in [2.45, 2.75) is 13.0 Å². The molecule has 1 aromatic carbocycles. The second-order valence-corrected chi connectivity index (χ2v) is 5.18. The van der Waals surface area contributed by atoms with Crippen LogP contribution in [0.25, 0.3) is 5.69 Å². The average molecular weight is 302 g/mol. The standard InChI is InChI=1S/C14H18N6O2/c1-11-9-19(6-7-22-11)14(21)8-15-12-2-4-13(5-3-12)20-10-16-17-18-20/h2-5,10-11,15H,6-9H2,1H3. The van der Waals surface area contributed by atoms with Gasteiger partial charge in [-0.05, 0) is 41.6 Å². The molecule has 8 nitrogen and oxygen atoms in total. The molecule has 1 saturated heterocycles. The molecule has 0 aliphatic carbocycles. The normalized spacial score (nSPS) is 18.2. The lowest BCUT2D eigenvalue weighted by atomic mass is 10.2. The third-order valence-electron chi connectivity index (χ3n) is 3.52. The molecule has 2 heterocycles. The van der Waals surface area contributed by atoms with E-state index < -0.39 is 0 Å². The number of benzene rings is 1. The summed E-state index contributed by atoms with van der Waals surface area (Å²) in [5.41, 5.74) is 1.75. The fraction of sp³-hybridized carbons (Fsp3) is 0.429. The van der Waals surface area contributed by atoms with Gasteiger partial charge >= 0.3 is 0 Å². The molecule has 1 aliphatic heterocycles. The predicted molar refractivity (Wildman–Crippen MR) is 79.6 cm³/mol. The molecule has 3 rings (SSSR count). The van der Waals surface area contributed by atoms with Crippen LogP contribution >= 0.6 is 0 Å². The summed E-state index contributed by atoms with van der Waals surface area (Å²) in [6, 6.07) is 7.57. The third-order valence-corrected chi connectivity index (χ3v) is 3.52. The first-order valence-corrected chi connectivity index (χ1v) is 7.19. The highest BCUT2D eigenvalue weighted by Gasteiger charge is 2.20. The van der Waals surface area contributed by atoms with Crippen molar-refractivity contribution in [1.29, 1.82) is 0 Å². The molecular formula is C14H18N6O2. The number of carbonyl (C=O) groups excluding carboxylic acids is 1. The van der Waals surface area contributed by atoms with Crippen molar-refractivity contribution in [3.63, 3.8) is 0 Å². The first-order chi connectivity index (χ1) is 10.7. The molecular weight excluding hydrogens is 284 g/mol. The molecule has 1 amide bonds. The first-order valence-electron chi connectivity index (χ1n) is 7.19. The van der Waals surface area contributed by atoms with E-state index in [1.54, 1.807) is 4.68 Å². The van der Waals surface area contributed by atoms with Gasteiger partial charge in [0.1, 0.15) is 6.33 Å². The molecule has 22 heavy (non-hydrogen) atoms. The van der Waals surface area contributed by atoms with Gasteiger partial charge in [-0.25, -0.2) is 4.68 Å². The zero-order valence-corrected chi connectivity index (χ0v) is 12.3. The van der Waals surface area contributed by atoms with Gasteiger partial charge in [-0.3, -0.25) is 4.79 Å². The Morgan fingerprint density at radius 1 is 1.41 bits per heavy atom. The Morgan fingerprint density at radius 2 is 2.23 bits per heavy atom. The molecule has 1 unspecified atom stereocenters. The number of morpholine rings is 1. The van der Waals surface area contributed by atoms with Gasteiger partial charge in [0.2, 0.25) is 5.91 Å². The van der Waals surface area contributed by atoms with Crippen LogP contribution in [0.5, 0.6) is 0 Å². The number of rotatable bonds is 4. The zero-order valence-electron chi connectivity index (χ0n) is 12.3. The molecule has 1 atom stereocenters. The number of carbonyl (C=O) groups is 1. The SMILES string of the molecule is CC1CN(C(=O)CNc2ccc(-n3cnnn3)cc2)CCO1. The lowest BCUT2D eigenvalue weighted by Gasteiger charge is -2.31. The van der Waals surface area contributed by atoms with Gasteiger partial charge in [0.05, 0.1) is 24.9 Å². The average Bonchev–Trinajstić information content (AvgIpc) is 3.07. The predicted octanol–water partition coefficient (Wildman–Crippen LogP) is 0.321. The Hall–Kier alpha value is -2.48. The minimum absolute atomic E-state index is 0.0831. The monoisotopic (exact) mass is 302 g/mol. The Bertz CT molecular complexity index is 613. The van der Waals surface area contributed by atoms with Crippen molar-refractivity contribution in [2.24, 2.45) is 0 Å². The van der Waals surface area contributed by atoms with E-state index in [-0.39, 0.29) is 18.6 Å². The van der Waals surface area contributed by atoms with Crippen LogP contribution in [0.2, 0.25) is 0 Å². The summed E-state index contributed by atoms with van der Waals surface area (Å²) in [4.78, 5) is 14.0. The number of anilines is 1. The lowest BCUT2D eigenvalue weighted by molar-refractivity contribution is -0.136. The van der Waals surface area contributed by atoms with E-state index in [1.807, 2.05) is 36.1 Å². The second kappa shape index (κ2) is 6.52. The van der Waals surface area contributed by atoms with E-state index >= 15 is 0 Å². The molecule has 1 aliphatic rings. The highest BCUT2D eigenvalue weighted by Crippen LogP contribution is 2.12. The van der Waals surface area contributed by atoms with E-state index in [2.05, 4.69) is 20.8 Å². The molecule has 0 radical (unpaired) electrons. The second-order valence-electron chi connectivity index (χ2n) is 5.18. The van der Waals surface area contributed by atoms with Crippen molar-refractivity contribution in [3.8, 4) is 5.69 Å². The Morgan fingerprint density at radius 3 is 2.91 bits per heavy atom. The van der Waals surface area contributed by atoms with E-state index in [1.165, 1.54) is 6.33 Å². The molecule has 0 bridgehead atoms. The van der Waals surface area contributed by atoms with E-state index in [0.717, 1.165) is 11.4 Å². The number of hydrogen-bond acceptors (Lipinski definition) is 6. The molecule has 8 heteroatoms. The maximum atomic E-state index is 12.1. The number of nitrogens with zero attached hydrogens (tertiary/aromatic N) is 5. The number of nitrogens with one attached hydrogen (secondary N) is 1. The summed E-state index contributed by atoms with van der Waals surface area (Å²) in [6.45, 7) is 4.16. The van der Waals surface area contributed by atoms with Crippen LogP contribution in [0, 0.1) is 0 Å².